The van der Waals surface area contributed by atoms with Crippen LogP contribution in [0, 0.1) is 0 Å². The minimum atomic E-state index is -4.70. The minimum absolute atomic E-state index is 0.0800. The van der Waals surface area contributed by atoms with Crippen molar-refractivity contribution >= 4 is 29.0 Å². The number of ether oxygens (including phenoxy) is 1. The molecule has 3 N–H and O–H groups in total. The van der Waals surface area contributed by atoms with Gasteiger partial charge >= 0.3 is 6.18 Å². The molecule has 2 fully saturated rings. The molecule has 5 rings (SSSR count). The maximum Gasteiger partial charge on any atom is 0.417 e. The van der Waals surface area contributed by atoms with Crippen LogP contribution < -0.4 is 16.0 Å². The van der Waals surface area contributed by atoms with Gasteiger partial charge in [-0.2, -0.15) is 13.2 Å². The molecule has 1 atom stereocenters. The number of alkyl halides is 3. The lowest BCUT2D eigenvalue weighted by Gasteiger charge is -2.34. The number of carbonyl (C=O) groups excluding carboxylic acids is 2. The number of rotatable bonds is 7. The summed E-state index contributed by atoms with van der Waals surface area (Å²) in [6.07, 6.45) is -1.91. The van der Waals surface area contributed by atoms with Crippen molar-refractivity contribution in [2.45, 2.75) is 25.7 Å². The van der Waals surface area contributed by atoms with Crippen molar-refractivity contribution in [2.75, 3.05) is 63.1 Å². The van der Waals surface area contributed by atoms with Gasteiger partial charge in [-0.15, -0.1) is 5.10 Å². The Morgan fingerprint density at radius 3 is 2.60 bits per heavy atom. The Balaban J connectivity index is 1.40. The molecule has 0 radical (unpaired) electrons. The van der Waals surface area contributed by atoms with Crippen LogP contribution in [0.25, 0.3) is 16.9 Å². The van der Waals surface area contributed by atoms with E-state index in [1.807, 2.05) is 17.9 Å². The first-order valence-electron chi connectivity index (χ1n) is 13.6. The van der Waals surface area contributed by atoms with Crippen molar-refractivity contribution in [3.8, 4) is 11.4 Å². The highest BCUT2D eigenvalue weighted by molar-refractivity contribution is 5.93. The largest absolute Gasteiger partial charge is 0.417 e. The normalized spacial score (nSPS) is 18.2. The van der Waals surface area contributed by atoms with Gasteiger partial charge in [-0.05, 0) is 24.6 Å². The van der Waals surface area contributed by atoms with Crippen LogP contribution in [0.5, 0.6) is 0 Å². The standard InChI is InChI=1S/C27H31F4N9O3/c1-16-15-43-8-7-39(16)25-21-9-18(13-37-3-5-38(6-4-37)23(41)12-34-26(42)17(2)28)14-40(21)36-24(35-25)19-11-33-22(32)10-20(19)27(29,30)31/h9-11,14,16H,2-8,12-13,15H2,1H3,(H2,32,33)(H,34,42)/t16-/m0/s1. The number of nitrogens with one attached hydrogen (secondary N) is 1. The summed E-state index contributed by atoms with van der Waals surface area (Å²) in [6, 6.07) is 2.60. The summed E-state index contributed by atoms with van der Waals surface area (Å²) in [5.41, 5.74) is 5.80. The Morgan fingerprint density at radius 1 is 1.19 bits per heavy atom. The van der Waals surface area contributed by atoms with Gasteiger partial charge in [0.05, 0.1) is 36.9 Å². The van der Waals surface area contributed by atoms with Gasteiger partial charge in [0, 0.05) is 51.7 Å². The molecule has 12 nitrogen and oxygen atoms in total. The number of pyridine rings is 1. The van der Waals surface area contributed by atoms with Crippen LogP contribution in [-0.2, 0) is 27.0 Å². The fraction of sp³-hybridized carbons (Fsp3) is 0.444. The Labute approximate surface area is 244 Å². The average molecular weight is 606 g/mol. The molecule has 0 unspecified atom stereocenters. The van der Waals surface area contributed by atoms with E-state index in [1.165, 1.54) is 4.52 Å². The highest BCUT2D eigenvalue weighted by Crippen LogP contribution is 2.37. The second-order valence-corrected chi connectivity index (χ2v) is 10.5. The molecule has 2 amide bonds. The Morgan fingerprint density at radius 2 is 1.93 bits per heavy atom. The van der Waals surface area contributed by atoms with Gasteiger partial charge in [-0.1, -0.05) is 6.58 Å². The molecular formula is C27H31F4N9O3. The number of anilines is 2. The lowest BCUT2D eigenvalue weighted by molar-refractivity contribution is -0.137. The number of carbonyl (C=O) groups is 2. The van der Waals surface area contributed by atoms with E-state index in [9.17, 15) is 27.2 Å². The van der Waals surface area contributed by atoms with Gasteiger partial charge < -0.3 is 25.6 Å². The average Bonchev–Trinajstić information content (AvgIpc) is 3.37. The van der Waals surface area contributed by atoms with Gasteiger partial charge in [0.2, 0.25) is 5.91 Å². The van der Waals surface area contributed by atoms with Crippen LogP contribution in [0.15, 0.2) is 36.9 Å². The number of hydrogen-bond donors (Lipinski definition) is 2. The molecule has 2 aliphatic rings. The molecule has 0 spiro atoms. The molecule has 16 heteroatoms. The molecule has 0 aromatic carbocycles. The summed E-state index contributed by atoms with van der Waals surface area (Å²) in [5, 5.41) is 6.65. The van der Waals surface area contributed by atoms with Crippen molar-refractivity contribution in [1.82, 2.24) is 34.7 Å². The van der Waals surface area contributed by atoms with Gasteiger partial charge in [0.25, 0.3) is 5.91 Å². The second-order valence-electron chi connectivity index (χ2n) is 10.5. The van der Waals surface area contributed by atoms with E-state index < -0.39 is 23.5 Å². The molecule has 5 heterocycles. The fourth-order valence-corrected chi connectivity index (χ4v) is 5.15. The number of aromatic nitrogens is 4. The number of nitrogens with two attached hydrogens (primary N) is 1. The maximum absolute atomic E-state index is 14.0. The van der Waals surface area contributed by atoms with E-state index >= 15 is 0 Å². The molecule has 0 saturated carbocycles. The summed E-state index contributed by atoms with van der Waals surface area (Å²) in [7, 11) is 0. The van der Waals surface area contributed by atoms with Crippen LogP contribution in [0.3, 0.4) is 0 Å². The number of nitrogens with zero attached hydrogens (tertiary/aromatic N) is 7. The van der Waals surface area contributed by atoms with E-state index in [2.05, 4.69) is 31.9 Å². The molecule has 3 aromatic rings. The molecule has 2 aliphatic heterocycles. The summed E-state index contributed by atoms with van der Waals surface area (Å²) in [4.78, 5) is 37.9. The van der Waals surface area contributed by atoms with E-state index in [-0.39, 0.29) is 35.7 Å². The van der Waals surface area contributed by atoms with E-state index in [0.29, 0.717) is 63.8 Å². The van der Waals surface area contributed by atoms with E-state index in [0.717, 1.165) is 17.8 Å². The zero-order chi connectivity index (χ0) is 30.9. The monoisotopic (exact) mass is 605 g/mol. The molecular weight excluding hydrogens is 574 g/mol. The molecule has 0 aliphatic carbocycles. The first kappa shape index (κ1) is 30.2. The van der Waals surface area contributed by atoms with Crippen LogP contribution in [0.4, 0.5) is 29.2 Å². The summed E-state index contributed by atoms with van der Waals surface area (Å²) in [6.45, 7) is 8.29. The Hall–Kier alpha value is -4.31. The summed E-state index contributed by atoms with van der Waals surface area (Å²) < 4.78 is 61.8. The zero-order valence-corrected chi connectivity index (χ0v) is 23.4. The summed E-state index contributed by atoms with van der Waals surface area (Å²) in [5.74, 6) is -2.44. The van der Waals surface area contributed by atoms with Crippen molar-refractivity contribution in [2.24, 2.45) is 0 Å². The third kappa shape index (κ3) is 6.69. The van der Waals surface area contributed by atoms with Crippen molar-refractivity contribution < 1.29 is 31.9 Å². The molecule has 43 heavy (non-hydrogen) atoms. The van der Waals surface area contributed by atoms with Crippen LogP contribution >= 0.6 is 0 Å². The lowest BCUT2D eigenvalue weighted by atomic mass is 10.1. The molecule has 3 aromatic heterocycles. The molecule has 2 saturated heterocycles. The van der Waals surface area contributed by atoms with Crippen LogP contribution in [-0.4, -0.2) is 99.7 Å². The quantitative estimate of drug-likeness (QED) is 0.306. The number of amides is 2. The van der Waals surface area contributed by atoms with Gasteiger partial charge in [-0.25, -0.2) is 18.9 Å². The third-order valence-corrected chi connectivity index (χ3v) is 7.39. The maximum atomic E-state index is 14.0. The van der Waals surface area contributed by atoms with Gasteiger partial charge in [-0.3, -0.25) is 14.5 Å². The van der Waals surface area contributed by atoms with Crippen molar-refractivity contribution in [3.05, 3.63) is 48.1 Å². The lowest BCUT2D eigenvalue weighted by Crippen LogP contribution is -2.50. The zero-order valence-electron chi connectivity index (χ0n) is 23.4. The number of piperazine rings is 1. The topological polar surface area (TPSA) is 134 Å². The van der Waals surface area contributed by atoms with E-state index in [1.54, 1.807) is 11.1 Å². The number of hydrogen-bond acceptors (Lipinski definition) is 9. The van der Waals surface area contributed by atoms with Crippen LogP contribution in [0.2, 0.25) is 0 Å². The van der Waals surface area contributed by atoms with Crippen molar-refractivity contribution in [3.63, 3.8) is 0 Å². The highest BCUT2D eigenvalue weighted by Gasteiger charge is 2.36. The predicted molar refractivity (Wildman–Crippen MR) is 148 cm³/mol. The Bertz CT molecular complexity index is 1540. The molecule has 230 valence electrons. The number of fused-ring (bicyclic) bond motifs is 1. The Kier molecular flexibility index (Phi) is 8.50. The smallest absolute Gasteiger partial charge is 0.384 e. The van der Waals surface area contributed by atoms with Crippen LogP contribution in [0.1, 0.15) is 18.1 Å². The SMILES string of the molecule is C=C(F)C(=O)NCC(=O)N1CCN(Cc2cc3c(N4CCOC[C@@H]4C)nc(-c4cnc(N)cc4C(F)(F)F)nn3c2)CC1. The predicted octanol–water partition coefficient (Wildman–Crippen LogP) is 1.86. The number of halogens is 4. The number of nitrogen functional groups attached to an aromatic ring is 1. The fourth-order valence-electron chi connectivity index (χ4n) is 5.15. The van der Waals surface area contributed by atoms with E-state index in [4.69, 9.17) is 10.5 Å². The van der Waals surface area contributed by atoms with Gasteiger partial charge in [0.15, 0.2) is 17.5 Å². The van der Waals surface area contributed by atoms with Crippen molar-refractivity contribution in [1.29, 1.82) is 0 Å². The third-order valence-electron chi connectivity index (χ3n) is 7.39. The summed E-state index contributed by atoms with van der Waals surface area (Å²) >= 11 is 0. The first-order chi connectivity index (χ1) is 20.4. The van der Waals surface area contributed by atoms with Gasteiger partial charge in [0.1, 0.15) is 11.3 Å². The molecule has 0 bridgehead atoms. The second kappa shape index (κ2) is 12.1. The highest BCUT2D eigenvalue weighted by atomic mass is 19.4. The number of morpholine rings is 1. The minimum Gasteiger partial charge on any atom is -0.384 e. The first-order valence-corrected chi connectivity index (χ1v) is 13.6.